The minimum absolute atomic E-state index is 0.101. The normalized spacial score (nSPS) is 16.1. The van der Waals surface area contributed by atoms with Gasteiger partial charge in [0.1, 0.15) is 11.6 Å². The second-order valence-electron chi connectivity index (χ2n) is 9.13. The van der Waals surface area contributed by atoms with Crippen LogP contribution in [0, 0.1) is 37.0 Å². The highest BCUT2D eigenvalue weighted by Gasteiger charge is 2.22. The molecule has 0 spiro atoms. The van der Waals surface area contributed by atoms with Crippen LogP contribution in [0.15, 0.2) is 11.6 Å². The van der Waals surface area contributed by atoms with E-state index in [4.69, 9.17) is 4.74 Å². The van der Waals surface area contributed by atoms with E-state index in [1.165, 1.54) is 19.3 Å². The molecule has 0 aromatic carbocycles. The lowest BCUT2D eigenvalue weighted by atomic mass is 9.89. The van der Waals surface area contributed by atoms with Crippen molar-refractivity contribution in [1.29, 1.82) is 5.26 Å². The fourth-order valence-electron chi connectivity index (χ4n) is 4.06. The quantitative estimate of drug-likeness (QED) is 0.352. The van der Waals surface area contributed by atoms with Gasteiger partial charge >= 0.3 is 5.97 Å². The van der Waals surface area contributed by atoms with Gasteiger partial charge in [-0.3, -0.25) is 4.79 Å². The van der Waals surface area contributed by atoms with Crippen molar-refractivity contribution >= 4 is 18.0 Å². The van der Waals surface area contributed by atoms with Crippen LogP contribution < -0.4 is 5.32 Å². The molecule has 1 amide bonds. The maximum Gasteiger partial charge on any atom is 0.349 e. The van der Waals surface area contributed by atoms with Crippen molar-refractivity contribution in [2.24, 2.45) is 11.8 Å². The van der Waals surface area contributed by atoms with Gasteiger partial charge in [0.2, 0.25) is 0 Å². The predicted molar refractivity (Wildman–Crippen MR) is 122 cm³/mol. The Bertz CT molecular complexity index is 839. The van der Waals surface area contributed by atoms with Crippen LogP contribution in [0.3, 0.4) is 0 Å². The zero-order valence-electron chi connectivity index (χ0n) is 19.7. The lowest BCUT2D eigenvalue weighted by Crippen LogP contribution is -2.38. The zero-order valence-corrected chi connectivity index (χ0v) is 19.7. The highest BCUT2D eigenvalue weighted by Crippen LogP contribution is 2.23. The molecule has 2 rings (SSSR count). The molecule has 0 radical (unpaired) electrons. The SMILES string of the molecule is Cc1cc(/C=C(\C#N)C(=O)O[C@H](C)C(=O)NCC2CCCCC2)c(C)n1CCC(C)C. The highest BCUT2D eigenvalue weighted by atomic mass is 16.5. The molecule has 1 aromatic heterocycles. The van der Waals surface area contributed by atoms with Crippen LogP contribution in [0.25, 0.3) is 6.08 Å². The molecular weight excluding hydrogens is 390 g/mol. The van der Waals surface area contributed by atoms with E-state index < -0.39 is 12.1 Å². The Balaban J connectivity index is 1.99. The van der Waals surface area contributed by atoms with Crippen LogP contribution >= 0.6 is 0 Å². The number of hydrogen-bond acceptors (Lipinski definition) is 4. The summed E-state index contributed by atoms with van der Waals surface area (Å²) in [5.74, 6) is 0.00887. The third-order valence-electron chi connectivity index (χ3n) is 6.13. The molecule has 1 atom stereocenters. The number of carbonyl (C=O) groups is 2. The van der Waals surface area contributed by atoms with E-state index in [0.29, 0.717) is 18.4 Å². The number of aryl methyl sites for hydroxylation is 1. The Kier molecular flexibility index (Phi) is 9.36. The summed E-state index contributed by atoms with van der Waals surface area (Å²) in [6, 6.07) is 3.90. The summed E-state index contributed by atoms with van der Waals surface area (Å²) in [4.78, 5) is 24.8. The molecule has 1 N–H and O–H groups in total. The van der Waals surface area contributed by atoms with Crippen molar-refractivity contribution in [2.45, 2.75) is 85.8 Å². The Labute approximate surface area is 186 Å². The van der Waals surface area contributed by atoms with Gasteiger partial charge in [0.15, 0.2) is 6.10 Å². The summed E-state index contributed by atoms with van der Waals surface area (Å²) in [7, 11) is 0. The minimum Gasteiger partial charge on any atom is -0.448 e. The first-order valence-corrected chi connectivity index (χ1v) is 11.5. The highest BCUT2D eigenvalue weighted by molar-refractivity contribution is 5.99. The molecule has 0 unspecified atom stereocenters. The molecule has 1 aliphatic rings. The monoisotopic (exact) mass is 427 g/mol. The Morgan fingerprint density at radius 1 is 1.26 bits per heavy atom. The molecule has 6 nitrogen and oxygen atoms in total. The molecule has 1 aliphatic carbocycles. The first-order valence-electron chi connectivity index (χ1n) is 11.5. The van der Waals surface area contributed by atoms with E-state index in [-0.39, 0.29) is 11.5 Å². The summed E-state index contributed by atoms with van der Waals surface area (Å²) in [5, 5.41) is 12.4. The molecule has 1 fully saturated rings. The second-order valence-corrected chi connectivity index (χ2v) is 9.13. The lowest BCUT2D eigenvalue weighted by molar-refractivity contribution is -0.150. The van der Waals surface area contributed by atoms with E-state index in [9.17, 15) is 14.9 Å². The average Bonchev–Trinajstić information content (AvgIpc) is 3.01. The van der Waals surface area contributed by atoms with E-state index >= 15 is 0 Å². The van der Waals surface area contributed by atoms with E-state index in [0.717, 1.165) is 42.8 Å². The van der Waals surface area contributed by atoms with Crippen molar-refractivity contribution in [3.05, 3.63) is 28.6 Å². The van der Waals surface area contributed by atoms with Crippen LogP contribution in [-0.2, 0) is 20.9 Å². The van der Waals surface area contributed by atoms with Crippen LogP contribution in [0.1, 0.15) is 76.2 Å². The van der Waals surface area contributed by atoms with Crippen molar-refractivity contribution in [3.8, 4) is 6.07 Å². The summed E-state index contributed by atoms with van der Waals surface area (Å²) < 4.78 is 7.49. The fraction of sp³-hybridized carbons (Fsp3) is 0.640. The molecular formula is C25H37N3O3. The van der Waals surface area contributed by atoms with Crippen molar-refractivity contribution in [3.63, 3.8) is 0 Å². The van der Waals surface area contributed by atoms with Gasteiger partial charge in [-0.1, -0.05) is 33.1 Å². The number of nitrogens with zero attached hydrogens (tertiary/aromatic N) is 2. The number of rotatable bonds is 9. The Morgan fingerprint density at radius 2 is 1.94 bits per heavy atom. The van der Waals surface area contributed by atoms with Crippen LogP contribution in [0.4, 0.5) is 0 Å². The maximum atomic E-state index is 12.5. The standard InChI is InChI=1S/C25H37N3O3/c1-17(2)11-12-28-18(3)13-22(19(28)4)14-23(15-26)25(30)31-20(5)24(29)27-16-21-9-7-6-8-10-21/h13-14,17,20-21H,6-12,16H2,1-5H3,(H,27,29)/b23-14+/t20-/m1/s1. The van der Waals surface area contributed by atoms with E-state index in [1.807, 2.05) is 26.0 Å². The molecule has 1 heterocycles. The molecule has 6 heteroatoms. The van der Waals surface area contributed by atoms with Crippen molar-refractivity contribution < 1.29 is 14.3 Å². The zero-order chi connectivity index (χ0) is 23.0. The molecule has 0 saturated heterocycles. The lowest BCUT2D eigenvalue weighted by Gasteiger charge is -2.22. The number of carbonyl (C=O) groups excluding carboxylic acids is 2. The molecule has 1 saturated carbocycles. The van der Waals surface area contributed by atoms with E-state index in [1.54, 1.807) is 13.0 Å². The molecule has 1 aromatic rings. The van der Waals surface area contributed by atoms with Crippen molar-refractivity contribution in [1.82, 2.24) is 9.88 Å². The summed E-state index contributed by atoms with van der Waals surface area (Å²) in [6.07, 6.45) is 7.62. The third-order valence-corrected chi connectivity index (χ3v) is 6.13. The van der Waals surface area contributed by atoms with Gasteiger partial charge in [-0.2, -0.15) is 5.26 Å². The largest absolute Gasteiger partial charge is 0.448 e. The van der Waals surface area contributed by atoms with Crippen LogP contribution in [-0.4, -0.2) is 29.1 Å². The summed E-state index contributed by atoms with van der Waals surface area (Å²) >= 11 is 0. The minimum atomic E-state index is -0.939. The number of hydrogen-bond donors (Lipinski definition) is 1. The smallest absolute Gasteiger partial charge is 0.349 e. The van der Waals surface area contributed by atoms with Crippen LogP contribution in [0.2, 0.25) is 0 Å². The summed E-state index contributed by atoms with van der Waals surface area (Å²) in [5.41, 5.74) is 2.82. The van der Waals surface area contributed by atoms with Gasteiger partial charge in [-0.25, -0.2) is 4.79 Å². The number of amides is 1. The molecule has 0 aliphatic heterocycles. The third kappa shape index (κ3) is 7.27. The van der Waals surface area contributed by atoms with E-state index in [2.05, 4.69) is 23.7 Å². The van der Waals surface area contributed by atoms with Gasteiger partial charge < -0.3 is 14.6 Å². The van der Waals surface area contributed by atoms with Crippen LogP contribution in [0.5, 0.6) is 0 Å². The topological polar surface area (TPSA) is 84.1 Å². The number of aromatic nitrogens is 1. The van der Waals surface area contributed by atoms with Gasteiger partial charge in [-0.15, -0.1) is 0 Å². The maximum absolute atomic E-state index is 12.5. The first-order chi connectivity index (χ1) is 14.7. The molecule has 31 heavy (non-hydrogen) atoms. The predicted octanol–water partition coefficient (Wildman–Crippen LogP) is 4.69. The molecule has 0 bridgehead atoms. The average molecular weight is 428 g/mol. The summed E-state index contributed by atoms with van der Waals surface area (Å²) in [6.45, 7) is 11.4. The van der Waals surface area contributed by atoms with Crippen molar-refractivity contribution in [2.75, 3.05) is 6.54 Å². The first kappa shape index (κ1) is 24.7. The number of nitriles is 1. The Morgan fingerprint density at radius 3 is 2.55 bits per heavy atom. The molecule has 170 valence electrons. The fourth-order valence-corrected chi connectivity index (χ4v) is 4.06. The number of esters is 1. The number of ether oxygens (including phenoxy) is 1. The van der Waals surface area contributed by atoms with Gasteiger partial charge in [0.05, 0.1) is 0 Å². The Hall–Kier alpha value is -2.55. The van der Waals surface area contributed by atoms with Gasteiger partial charge in [-0.05, 0) is 69.6 Å². The van der Waals surface area contributed by atoms with Gasteiger partial charge in [0, 0.05) is 24.5 Å². The van der Waals surface area contributed by atoms with Gasteiger partial charge in [0.25, 0.3) is 5.91 Å². The second kappa shape index (κ2) is 11.7. The number of nitrogens with one attached hydrogen (secondary N) is 1.